The second-order valence-electron chi connectivity index (χ2n) is 5.31. The van der Waals surface area contributed by atoms with Crippen molar-refractivity contribution in [2.75, 3.05) is 0 Å². The number of fused-ring (bicyclic) bond motifs is 1. The van der Waals surface area contributed by atoms with Crippen molar-refractivity contribution in [1.82, 2.24) is 9.55 Å². The van der Waals surface area contributed by atoms with E-state index < -0.39 is 0 Å². The van der Waals surface area contributed by atoms with Gasteiger partial charge in [0.1, 0.15) is 5.82 Å². The molecular weight excluding hydrogens is 222 g/mol. The number of nitrogens with two attached hydrogens (primary N) is 1. The average Bonchev–Trinajstić information content (AvgIpc) is 2.71. The molecule has 1 aromatic carbocycles. The molecular formula is C15H19N3. The summed E-state index contributed by atoms with van der Waals surface area (Å²) in [4.78, 5) is 4.75. The summed E-state index contributed by atoms with van der Waals surface area (Å²) in [6.45, 7) is 5.16. The highest BCUT2D eigenvalue weighted by Crippen LogP contribution is 2.25. The number of rotatable bonds is 1. The topological polar surface area (TPSA) is 43.8 Å². The normalized spacial score (nSPS) is 18.7. The van der Waals surface area contributed by atoms with Crippen LogP contribution in [-0.2, 0) is 13.0 Å². The molecule has 0 spiro atoms. The standard InChI is InChI=1S/C15H19N3/c1-10-3-5-13(11(2)7-10)14-9-18-8-12(16)4-6-15(18)17-14/h3,5,7,9,12H,4,6,8,16H2,1-2H3. The van der Waals surface area contributed by atoms with Gasteiger partial charge in [0.15, 0.2) is 0 Å². The SMILES string of the molecule is Cc1ccc(-c2cn3c(n2)CCC(N)C3)c(C)c1. The lowest BCUT2D eigenvalue weighted by molar-refractivity contribution is 0.453. The van der Waals surface area contributed by atoms with Crippen LogP contribution in [0, 0.1) is 13.8 Å². The van der Waals surface area contributed by atoms with Gasteiger partial charge in [-0.05, 0) is 25.8 Å². The van der Waals surface area contributed by atoms with E-state index >= 15 is 0 Å². The first-order valence-electron chi connectivity index (χ1n) is 6.53. The quantitative estimate of drug-likeness (QED) is 0.833. The Kier molecular flexibility index (Phi) is 2.71. The number of hydrogen-bond acceptors (Lipinski definition) is 2. The number of hydrogen-bond donors (Lipinski definition) is 1. The molecule has 0 amide bonds. The van der Waals surface area contributed by atoms with Crippen molar-refractivity contribution >= 4 is 0 Å². The van der Waals surface area contributed by atoms with Crippen LogP contribution in [0.25, 0.3) is 11.3 Å². The Labute approximate surface area is 108 Å². The monoisotopic (exact) mass is 241 g/mol. The largest absolute Gasteiger partial charge is 0.333 e. The first-order chi connectivity index (χ1) is 8.63. The molecule has 2 N–H and O–H groups in total. The van der Waals surface area contributed by atoms with Crippen LogP contribution < -0.4 is 5.73 Å². The number of aryl methyl sites for hydroxylation is 3. The molecule has 94 valence electrons. The van der Waals surface area contributed by atoms with E-state index in [4.69, 9.17) is 10.7 Å². The van der Waals surface area contributed by atoms with Crippen LogP contribution in [0.1, 0.15) is 23.4 Å². The van der Waals surface area contributed by atoms with Gasteiger partial charge in [0.25, 0.3) is 0 Å². The number of imidazole rings is 1. The summed E-state index contributed by atoms with van der Waals surface area (Å²) < 4.78 is 2.21. The molecule has 0 saturated heterocycles. The average molecular weight is 241 g/mol. The van der Waals surface area contributed by atoms with E-state index in [0.29, 0.717) is 0 Å². The molecule has 3 rings (SSSR count). The van der Waals surface area contributed by atoms with Crippen LogP contribution in [0.15, 0.2) is 24.4 Å². The third-order valence-electron chi connectivity index (χ3n) is 3.69. The fourth-order valence-corrected chi connectivity index (χ4v) is 2.70. The van der Waals surface area contributed by atoms with Crippen molar-refractivity contribution in [3.63, 3.8) is 0 Å². The molecule has 0 aliphatic carbocycles. The zero-order valence-corrected chi connectivity index (χ0v) is 11.0. The van der Waals surface area contributed by atoms with Crippen molar-refractivity contribution in [2.24, 2.45) is 5.73 Å². The summed E-state index contributed by atoms with van der Waals surface area (Å²) in [5.41, 5.74) is 10.9. The molecule has 2 heterocycles. The third-order valence-corrected chi connectivity index (χ3v) is 3.69. The highest BCUT2D eigenvalue weighted by atomic mass is 15.1. The summed E-state index contributed by atoms with van der Waals surface area (Å²) in [6, 6.07) is 6.80. The molecule has 0 fully saturated rings. The van der Waals surface area contributed by atoms with Crippen LogP contribution in [0.2, 0.25) is 0 Å². The molecule has 1 unspecified atom stereocenters. The van der Waals surface area contributed by atoms with Gasteiger partial charge in [-0.3, -0.25) is 0 Å². The van der Waals surface area contributed by atoms with Crippen molar-refractivity contribution in [2.45, 2.75) is 39.3 Å². The minimum atomic E-state index is 0.277. The summed E-state index contributed by atoms with van der Waals surface area (Å²) >= 11 is 0. The number of benzene rings is 1. The lowest BCUT2D eigenvalue weighted by Gasteiger charge is -2.19. The smallest absolute Gasteiger partial charge is 0.109 e. The van der Waals surface area contributed by atoms with E-state index in [0.717, 1.165) is 25.1 Å². The second-order valence-corrected chi connectivity index (χ2v) is 5.31. The number of aromatic nitrogens is 2. The lowest BCUT2D eigenvalue weighted by Crippen LogP contribution is -2.31. The van der Waals surface area contributed by atoms with Gasteiger partial charge < -0.3 is 10.3 Å². The first-order valence-corrected chi connectivity index (χ1v) is 6.53. The molecule has 2 aromatic rings. The second kappa shape index (κ2) is 4.25. The van der Waals surface area contributed by atoms with Crippen molar-refractivity contribution in [3.05, 3.63) is 41.3 Å². The Morgan fingerprint density at radius 3 is 2.94 bits per heavy atom. The molecule has 1 aliphatic heterocycles. The van der Waals surface area contributed by atoms with Crippen LogP contribution in [-0.4, -0.2) is 15.6 Å². The van der Waals surface area contributed by atoms with Crippen LogP contribution in [0.3, 0.4) is 0 Å². The van der Waals surface area contributed by atoms with Gasteiger partial charge >= 0.3 is 0 Å². The molecule has 1 aromatic heterocycles. The van der Waals surface area contributed by atoms with E-state index in [2.05, 4.69) is 42.8 Å². The minimum absolute atomic E-state index is 0.277. The first kappa shape index (κ1) is 11.5. The highest BCUT2D eigenvalue weighted by molar-refractivity contribution is 5.63. The van der Waals surface area contributed by atoms with Crippen LogP contribution in [0.5, 0.6) is 0 Å². The van der Waals surface area contributed by atoms with E-state index in [-0.39, 0.29) is 6.04 Å². The molecule has 1 aliphatic rings. The fourth-order valence-electron chi connectivity index (χ4n) is 2.70. The summed E-state index contributed by atoms with van der Waals surface area (Å²) in [6.07, 6.45) is 4.18. The maximum atomic E-state index is 6.00. The van der Waals surface area contributed by atoms with Gasteiger partial charge in [0, 0.05) is 30.8 Å². The summed E-state index contributed by atoms with van der Waals surface area (Å²) in [5.74, 6) is 1.17. The van der Waals surface area contributed by atoms with Gasteiger partial charge in [-0.15, -0.1) is 0 Å². The van der Waals surface area contributed by atoms with Crippen LogP contribution >= 0.6 is 0 Å². The Morgan fingerprint density at radius 2 is 2.17 bits per heavy atom. The summed E-state index contributed by atoms with van der Waals surface area (Å²) in [7, 11) is 0. The Bertz CT molecular complexity index is 583. The molecule has 1 atom stereocenters. The van der Waals surface area contributed by atoms with E-state index in [1.54, 1.807) is 0 Å². The predicted octanol–water partition coefficient (Wildman–Crippen LogP) is 2.44. The maximum Gasteiger partial charge on any atom is 0.109 e. The lowest BCUT2D eigenvalue weighted by atomic mass is 10.0. The van der Waals surface area contributed by atoms with Crippen molar-refractivity contribution in [3.8, 4) is 11.3 Å². The zero-order valence-electron chi connectivity index (χ0n) is 11.0. The van der Waals surface area contributed by atoms with Gasteiger partial charge in [-0.1, -0.05) is 23.8 Å². The molecule has 0 bridgehead atoms. The molecule has 0 radical (unpaired) electrons. The van der Waals surface area contributed by atoms with Gasteiger partial charge in [0.2, 0.25) is 0 Å². The molecule has 3 nitrogen and oxygen atoms in total. The Balaban J connectivity index is 2.02. The van der Waals surface area contributed by atoms with Gasteiger partial charge in [0.05, 0.1) is 5.69 Å². The maximum absolute atomic E-state index is 6.00. The van der Waals surface area contributed by atoms with Crippen molar-refractivity contribution < 1.29 is 0 Å². The predicted molar refractivity (Wildman–Crippen MR) is 73.4 cm³/mol. The molecule has 3 heteroatoms. The van der Waals surface area contributed by atoms with Gasteiger partial charge in [-0.25, -0.2) is 4.98 Å². The van der Waals surface area contributed by atoms with Crippen molar-refractivity contribution in [1.29, 1.82) is 0 Å². The van der Waals surface area contributed by atoms with Gasteiger partial charge in [-0.2, -0.15) is 0 Å². The third kappa shape index (κ3) is 1.95. The number of nitrogens with zero attached hydrogens (tertiary/aromatic N) is 2. The van der Waals surface area contributed by atoms with E-state index in [1.165, 1.54) is 22.5 Å². The zero-order chi connectivity index (χ0) is 12.7. The molecule has 0 saturated carbocycles. The molecule has 18 heavy (non-hydrogen) atoms. The van der Waals surface area contributed by atoms with Crippen LogP contribution in [0.4, 0.5) is 0 Å². The van der Waals surface area contributed by atoms with E-state index in [9.17, 15) is 0 Å². The Morgan fingerprint density at radius 1 is 1.33 bits per heavy atom. The minimum Gasteiger partial charge on any atom is -0.333 e. The van der Waals surface area contributed by atoms with E-state index in [1.807, 2.05) is 0 Å². The summed E-state index contributed by atoms with van der Waals surface area (Å²) in [5, 5.41) is 0. The fraction of sp³-hybridized carbons (Fsp3) is 0.400. The Hall–Kier alpha value is -1.61. The highest BCUT2D eigenvalue weighted by Gasteiger charge is 2.18.